The Morgan fingerprint density at radius 2 is 2.00 bits per heavy atom. The minimum absolute atomic E-state index is 0.0978. The van der Waals surface area contributed by atoms with Crippen LogP contribution < -0.4 is 9.47 Å². The lowest BCUT2D eigenvalue weighted by Crippen LogP contribution is -2.48. The molecule has 0 atom stereocenters. The average Bonchev–Trinajstić information content (AvgIpc) is 3.44. The van der Waals surface area contributed by atoms with Crippen molar-refractivity contribution >= 4 is 6.03 Å². The van der Waals surface area contributed by atoms with Gasteiger partial charge in [-0.1, -0.05) is 0 Å². The van der Waals surface area contributed by atoms with Crippen molar-refractivity contribution in [2.45, 2.75) is 25.4 Å². The Kier molecular flexibility index (Phi) is 4.91. The van der Waals surface area contributed by atoms with Gasteiger partial charge >= 0.3 is 6.03 Å². The number of hydrogen-bond acceptors (Lipinski definition) is 4. The number of ether oxygens (including phenoxy) is 3. The first-order valence-electron chi connectivity index (χ1n) is 8.07. The van der Waals surface area contributed by atoms with Gasteiger partial charge in [-0.15, -0.1) is 0 Å². The summed E-state index contributed by atoms with van der Waals surface area (Å²) in [6.45, 7) is 3.11. The molecule has 0 radical (unpaired) electrons. The monoisotopic (exact) mass is 320 g/mol. The summed E-state index contributed by atoms with van der Waals surface area (Å²) in [7, 11) is 3.29. The summed E-state index contributed by atoms with van der Waals surface area (Å²) in [4.78, 5) is 16.7. The Morgan fingerprint density at radius 1 is 1.26 bits per heavy atom. The van der Waals surface area contributed by atoms with Gasteiger partial charge in [-0.3, -0.25) is 0 Å². The maximum Gasteiger partial charge on any atom is 0.320 e. The lowest BCUT2D eigenvalue weighted by Gasteiger charge is -2.33. The number of morpholine rings is 1. The Morgan fingerprint density at radius 3 is 2.61 bits per heavy atom. The van der Waals surface area contributed by atoms with Crippen molar-refractivity contribution in [2.75, 3.05) is 40.5 Å². The molecule has 2 fully saturated rings. The summed E-state index contributed by atoms with van der Waals surface area (Å²) >= 11 is 0. The number of benzene rings is 1. The van der Waals surface area contributed by atoms with E-state index in [1.807, 2.05) is 28.0 Å². The van der Waals surface area contributed by atoms with Crippen LogP contribution in [0.5, 0.6) is 11.5 Å². The highest BCUT2D eigenvalue weighted by atomic mass is 16.5. The van der Waals surface area contributed by atoms with E-state index in [2.05, 4.69) is 0 Å². The molecule has 0 bridgehead atoms. The fourth-order valence-electron chi connectivity index (χ4n) is 2.86. The Bertz CT molecular complexity index is 554. The van der Waals surface area contributed by atoms with Gasteiger partial charge in [-0.25, -0.2) is 4.79 Å². The zero-order valence-corrected chi connectivity index (χ0v) is 13.8. The smallest absolute Gasteiger partial charge is 0.320 e. The van der Waals surface area contributed by atoms with Gasteiger partial charge in [-0.05, 0) is 31.0 Å². The second kappa shape index (κ2) is 7.08. The Hall–Kier alpha value is -1.95. The molecule has 1 saturated heterocycles. The van der Waals surface area contributed by atoms with E-state index < -0.39 is 0 Å². The number of amides is 2. The lowest BCUT2D eigenvalue weighted by atomic mass is 10.1. The minimum Gasteiger partial charge on any atom is -0.497 e. The number of carbonyl (C=O) groups is 1. The van der Waals surface area contributed by atoms with E-state index in [9.17, 15) is 4.79 Å². The number of urea groups is 1. The highest BCUT2D eigenvalue weighted by Crippen LogP contribution is 2.32. The van der Waals surface area contributed by atoms with Gasteiger partial charge in [-0.2, -0.15) is 0 Å². The fourth-order valence-corrected chi connectivity index (χ4v) is 2.86. The van der Waals surface area contributed by atoms with Crippen molar-refractivity contribution in [2.24, 2.45) is 0 Å². The minimum atomic E-state index is 0.0978. The Labute approximate surface area is 136 Å². The van der Waals surface area contributed by atoms with Crippen molar-refractivity contribution < 1.29 is 19.0 Å². The second-order valence-corrected chi connectivity index (χ2v) is 5.92. The van der Waals surface area contributed by atoms with Crippen LogP contribution in [0.1, 0.15) is 18.4 Å². The van der Waals surface area contributed by atoms with Crippen LogP contribution in [0.3, 0.4) is 0 Å². The molecule has 0 spiro atoms. The summed E-state index contributed by atoms with van der Waals surface area (Å²) in [5, 5.41) is 0. The van der Waals surface area contributed by atoms with Crippen LogP contribution in [0.25, 0.3) is 0 Å². The third-order valence-electron chi connectivity index (χ3n) is 4.34. The van der Waals surface area contributed by atoms with E-state index in [0.717, 1.165) is 29.9 Å². The first-order valence-corrected chi connectivity index (χ1v) is 8.07. The van der Waals surface area contributed by atoms with Gasteiger partial charge in [0.05, 0.1) is 34.0 Å². The molecule has 6 heteroatoms. The van der Waals surface area contributed by atoms with Gasteiger partial charge in [0.25, 0.3) is 0 Å². The Balaban J connectivity index is 1.78. The number of methoxy groups -OCH3 is 2. The number of carbonyl (C=O) groups excluding carboxylic acids is 1. The van der Waals surface area contributed by atoms with E-state index in [1.165, 1.54) is 0 Å². The maximum atomic E-state index is 12.9. The maximum absolute atomic E-state index is 12.9. The van der Waals surface area contributed by atoms with Crippen LogP contribution >= 0.6 is 0 Å². The highest BCUT2D eigenvalue weighted by molar-refractivity contribution is 5.75. The van der Waals surface area contributed by atoms with Gasteiger partial charge in [0.1, 0.15) is 11.5 Å². The number of nitrogens with zero attached hydrogens (tertiary/aromatic N) is 2. The SMILES string of the molecule is COc1ccc(OC)c(CN(C(=O)N2CCOCC2)C2CC2)c1. The topological polar surface area (TPSA) is 51.2 Å². The molecule has 6 nitrogen and oxygen atoms in total. The van der Waals surface area contributed by atoms with E-state index in [1.54, 1.807) is 14.2 Å². The molecule has 2 aliphatic rings. The predicted octanol–water partition coefficient (Wildman–Crippen LogP) is 2.12. The molecule has 1 heterocycles. The van der Waals surface area contributed by atoms with Crippen molar-refractivity contribution in [3.05, 3.63) is 23.8 Å². The first-order chi connectivity index (χ1) is 11.2. The molecule has 1 aliphatic carbocycles. The summed E-state index contributed by atoms with van der Waals surface area (Å²) < 4.78 is 16.1. The molecule has 23 heavy (non-hydrogen) atoms. The standard InChI is InChI=1S/C17H24N2O4/c1-21-15-5-6-16(22-2)13(11-15)12-19(14-3-4-14)17(20)18-7-9-23-10-8-18/h5-6,11,14H,3-4,7-10,12H2,1-2H3. The third kappa shape index (κ3) is 3.69. The number of hydrogen-bond donors (Lipinski definition) is 0. The molecule has 1 aliphatic heterocycles. The lowest BCUT2D eigenvalue weighted by molar-refractivity contribution is 0.0418. The molecule has 0 unspecified atom stereocenters. The van der Waals surface area contributed by atoms with Gasteiger partial charge in [0, 0.05) is 24.7 Å². The summed E-state index contributed by atoms with van der Waals surface area (Å²) in [5.41, 5.74) is 0.973. The summed E-state index contributed by atoms with van der Waals surface area (Å²) in [6, 6.07) is 6.13. The molecule has 126 valence electrons. The van der Waals surface area contributed by atoms with Gasteiger partial charge in [0.15, 0.2) is 0 Å². The van der Waals surface area contributed by atoms with E-state index in [4.69, 9.17) is 14.2 Å². The molecule has 3 rings (SSSR count). The fraction of sp³-hybridized carbons (Fsp3) is 0.588. The molecular formula is C17H24N2O4. The van der Waals surface area contributed by atoms with Crippen molar-refractivity contribution in [1.29, 1.82) is 0 Å². The van der Waals surface area contributed by atoms with Crippen LogP contribution in [0.4, 0.5) is 4.79 Å². The zero-order chi connectivity index (χ0) is 16.2. The summed E-state index contributed by atoms with van der Waals surface area (Å²) in [6.07, 6.45) is 2.14. The van der Waals surface area contributed by atoms with Crippen molar-refractivity contribution in [1.82, 2.24) is 9.80 Å². The average molecular weight is 320 g/mol. The van der Waals surface area contributed by atoms with E-state index in [-0.39, 0.29) is 6.03 Å². The van der Waals surface area contributed by atoms with Crippen LogP contribution in [0.15, 0.2) is 18.2 Å². The highest BCUT2D eigenvalue weighted by Gasteiger charge is 2.35. The normalized spacial score (nSPS) is 17.7. The molecule has 1 saturated carbocycles. The molecule has 0 aromatic heterocycles. The van der Waals surface area contributed by atoms with Crippen molar-refractivity contribution in [3.63, 3.8) is 0 Å². The van der Waals surface area contributed by atoms with E-state index in [0.29, 0.717) is 38.9 Å². The van der Waals surface area contributed by atoms with E-state index >= 15 is 0 Å². The molecule has 1 aromatic carbocycles. The quantitative estimate of drug-likeness (QED) is 0.834. The second-order valence-electron chi connectivity index (χ2n) is 5.92. The molecule has 0 N–H and O–H groups in total. The molecule has 1 aromatic rings. The van der Waals surface area contributed by atoms with Crippen LogP contribution in [-0.2, 0) is 11.3 Å². The number of rotatable bonds is 5. The predicted molar refractivity (Wildman–Crippen MR) is 85.9 cm³/mol. The first kappa shape index (κ1) is 15.9. The summed E-state index contributed by atoms with van der Waals surface area (Å²) in [5.74, 6) is 1.56. The van der Waals surface area contributed by atoms with Crippen molar-refractivity contribution in [3.8, 4) is 11.5 Å². The molecular weight excluding hydrogens is 296 g/mol. The van der Waals surface area contributed by atoms with Crippen LogP contribution in [0, 0.1) is 0 Å². The molecule has 2 amide bonds. The van der Waals surface area contributed by atoms with Gasteiger partial charge in [0.2, 0.25) is 0 Å². The van der Waals surface area contributed by atoms with Gasteiger partial charge < -0.3 is 24.0 Å². The largest absolute Gasteiger partial charge is 0.497 e. The van der Waals surface area contributed by atoms with Crippen LogP contribution in [-0.4, -0.2) is 62.4 Å². The third-order valence-corrected chi connectivity index (χ3v) is 4.34. The van der Waals surface area contributed by atoms with Crippen LogP contribution in [0.2, 0.25) is 0 Å². The zero-order valence-electron chi connectivity index (χ0n) is 13.8.